The van der Waals surface area contributed by atoms with Crippen molar-refractivity contribution < 1.29 is 32.4 Å². The molecule has 1 amide bonds. The van der Waals surface area contributed by atoms with E-state index in [0.717, 1.165) is 51.4 Å². The quantitative estimate of drug-likeness (QED) is 0.120. The van der Waals surface area contributed by atoms with Crippen LogP contribution in [-0.4, -0.2) is 67.0 Å². The zero-order valence-electron chi connectivity index (χ0n) is 29.4. The summed E-state index contributed by atoms with van der Waals surface area (Å²) in [4.78, 5) is 70.2. The van der Waals surface area contributed by atoms with Gasteiger partial charge in [0.1, 0.15) is 15.6 Å². The normalized spacial score (nSPS) is 26.6. The number of hydrogen-bond donors (Lipinski definition) is 0. The second kappa shape index (κ2) is 15.6. The summed E-state index contributed by atoms with van der Waals surface area (Å²) in [6.45, 7) is 10.3. The highest BCUT2D eigenvalue weighted by Gasteiger charge is 2.69. The molecule has 3 aliphatic carbocycles. The standard InChI is InChI=1S/C38H59NO7S/c1-6-8-18-31(41)35(43)27(15-7-2)21-32(42)34-33-30(37(33,3)4)24-39(34)36(44)29(26-16-11-9-12-17-26)22-28(40)23-38(25-47(5,45)46)19-13-10-14-20-38/h6,26-27,29-30,33-34H,1,7-25H2,2-5H3/t27?,29-,30?,33-,34+/m0/s1. The molecule has 2 unspecified atom stereocenters. The fourth-order valence-corrected chi connectivity index (χ4v) is 11.2. The van der Waals surface area contributed by atoms with E-state index < -0.39 is 44.7 Å². The molecule has 4 rings (SSSR count). The van der Waals surface area contributed by atoms with E-state index in [1.54, 1.807) is 11.0 Å². The number of rotatable bonds is 18. The first-order chi connectivity index (χ1) is 22.1. The minimum absolute atomic E-state index is 0.00264. The van der Waals surface area contributed by atoms with Crippen LogP contribution < -0.4 is 0 Å². The fraction of sp³-hybridized carbons (Fsp3) is 0.816. The summed E-state index contributed by atoms with van der Waals surface area (Å²) in [6, 6.07) is -0.658. The first kappa shape index (κ1) is 37.7. The van der Waals surface area contributed by atoms with Crippen molar-refractivity contribution in [1.82, 2.24) is 4.90 Å². The van der Waals surface area contributed by atoms with Crippen LogP contribution in [0.4, 0.5) is 0 Å². The molecule has 0 N–H and O–H groups in total. The number of fused-ring (bicyclic) bond motifs is 1. The van der Waals surface area contributed by atoms with Crippen molar-refractivity contribution in [1.29, 1.82) is 0 Å². The largest absolute Gasteiger partial charge is 0.332 e. The molecule has 8 nitrogen and oxygen atoms in total. The lowest BCUT2D eigenvalue weighted by Crippen LogP contribution is -2.50. The second-order valence-electron chi connectivity index (χ2n) is 16.2. The van der Waals surface area contributed by atoms with Crippen LogP contribution in [0.3, 0.4) is 0 Å². The van der Waals surface area contributed by atoms with Gasteiger partial charge in [-0.25, -0.2) is 8.42 Å². The Kier molecular flexibility index (Phi) is 12.5. The number of nitrogens with zero attached hydrogens (tertiary/aromatic N) is 1. The van der Waals surface area contributed by atoms with Gasteiger partial charge in [0.15, 0.2) is 11.6 Å². The highest BCUT2D eigenvalue weighted by molar-refractivity contribution is 7.90. The van der Waals surface area contributed by atoms with Crippen LogP contribution >= 0.6 is 0 Å². The zero-order chi connectivity index (χ0) is 34.6. The third kappa shape index (κ3) is 9.10. The van der Waals surface area contributed by atoms with E-state index in [1.165, 1.54) is 6.26 Å². The Bertz CT molecular complexity index is 1300. The summed E-state index contributed by atoms with van der Waals surface area (Å²) >= 11 is 0. The minimum Gasteiger partial charge on any atom is -0.332 e. The lowest BCUT2D eigenvalue weighted by atomic mass is 9.70. The highest BCUT2D eigenvalue weighted by Crippen LogP contribution is 2.65. The molecule has 9 heteroatoms. The molecular formula is C38H59NO7S. The van der Waals surface area contributed by atoms with E-state index in [9.17, 15) is 32.4 Å². The molecule has 0 spiro atoms. The van der Waals surface area contributed by atoms with Gasteiger partial charge in [0.25, 0.3) is 0 Å². The number of carbonyl (C=O) groups is 5. The number of amides is 1. The molecule has 1 saturated heterocycles. The molecule has 4 fully saturated rings. The van der Waals surface area contributed by atoms with Gasteiger partial charge in [-0.05, 0) is 67.1 Å². The maximum atomic E-state index is 14.6. The molecular weight excluding hydrogens is 614 g/mol. The summed E-state index contributed by atoms with van der Waals surface area (Å²) in [5.41, 5.74) is -0.666. The van der Waals surface area contributed by atoms with E-state index in [-0.39, 0.29) is 72.1 Å². The van der Waals surface area contributed by atoms with Crippen molar-refractivity contribution in [3.8, 4) is 0 Å². The Morgan fingerprint density at radius 3 is 2.19 bits per heavy atom. The number of allylic oxidation sites excluding steroid dienone is 1. The van der Waals surface area contributed by atoms with Crippen molar-refractivity contribution >= 4 is 38.9 Å². The molecule has 0 aromatic heterocycles. The van der Waals surface area contributed by atoms with Gasteiger partial charge in [0.2, 0.25) is 11.7 Å². The van der Waals surface area contributed by atoms with Crippen LogP contribution in [0, 0.1) is 40.4 Å². The number of carbonyl (C=O) groups excluding carboxylic acids is 5. The number of sulfone groups is 1. The van der Waals surface area contributed by atoms with Crippen molar-refractivity contribution in [3.05, 3.63) is 12.7 Å². The summed E-state index contributed by atoms with van der Waals surface area (Å²) < 4.78 is 24.8. The Labute approximate surface area is 283 Å². The van der Waals surface area contributed by atoms with Gasteiger partial charge in [-0.15, -0.1) is 6.58 Å². The maximum absolute atomic E-state index is 14.6. The van der Waals surface area contributed by atoms with Crippen molar-refractivity contribution in [2.75, 3.05) is 18.6 Å². The first-order valence-corrected chi connectivity index (χ1v) is 20.4. The number of Topliss-reactive ketones (excluding diaryl/α,β-unsaturated/α-hetero) is 4. The number of ketones is 4. The monoisotopic (exact) mass is 673 g/mol. The average Bonchev–Trinajstić information content (AvgIpc) is 3.32. The third-order valence-electron chi connectivity index (χ3n) is 12.2. The maximum Gasteiger partial charge on any atom is 0.227 e. The van der Waals surface area contributed by atoms with Gasteiger partial charge in [0.05, 0.1) is 11.8 Å². The Hall–Kier alpha value is -2.16. The van der Waals surface area contributed by atoms with Crippen LogP contribution in [0.2, 0.25) is 0 Å². The van der Waals surface area contributed by atoms with Crippen LogP contribution in [-0.2, 0) is 33.8 Å². The Balaban J connectivity index is 1.56. The van der Waals surface area contributed by atoms with Crippen LogP contribution in [0.15, 0.2) is 12.7 Å². The highest BCUT2D eigenvalue weighted by atomic mass is 32.2. The molecule has 0 aromatic carbocycles. The van der Waals surface area contributed by atoms with Gasteiger partial charge < -0.3 is 4.90 Å². The Morgan fingerprint density at radius 2 is 1.60 bits per heavy atom. The van der Waals surface area contributed by atoms with Crippen molar-refractivity contribution in [3.63, 3.8) is 0 Å². The average molecular weight is 674 g/mol. The summed E-state index contributed by atoms with van der Waals surface area (Å²) in [7, 11) is -3.28. The van der Waals surface area contributed by atoms with Gasteiger partial charge >= 0.3 is 0 Å². The van der Waals surface area contributed by atoms with E-state index in [1.807, 2.05) is 6.92 Å². The summed E-state index contributed by atoms with van der Waals surface area (Å²) in [5, 5.41) is 0. The van der Waals surface area contributed by atoms with E-state index in [4.69, 9.17) is 0 Å². The zero-order valence-corrected chi connectivity index (χ0v) is 30.2. The molecule has 0 bridgehead atoms. The van der Waals surface area contributed by atoms with Crippen molar-refractivity contribution in [2.45, 2.75) is 136 Å². The SMILES string of the molecule is C=CCCC(=O)C(=O)C(CCC)CC(=O)[C@@H]1[C@@H]2C(CN1C(=O)[C@@H](CC(=O)CC1(CS(C)(=O)=O)CCCCC1)C1CCCCC1)C2(C)C. The van der Waals surface area contributed by atoms with Crippen LogP contribution in [0.5, 0.6) is 0 Å². The fourth-order valence-electron chi connectivity index (χ4n) is 9.68. The Morgan fingerprint density at radius 1 is 0.957 bits per heavy atom. The predicted octanol–water partition coefficient (Wildman–Crippen LogP) is 6.49. The lowest BCUT2D eigenvalue weighted by Gasteiger charge is -2.38. The van der Waals surface area contributed by atoms with E-state index >= 15 is 0 Å². The molecule has 3 saturated carbocycles. The minimum atomic E-state index is -3.28. The van der Waals surface area contributed by atoms with E-state index in [0.29, 0.717) is 38.6 Å². The van der Waals surface area contributed by atoms with Gasteiger partial charge in [-0.1, -0.05) is 71.8 Å². The third-order valence-corrected chi connectivity index (χ3v) is 13.3. The number of piperidine rings is 1. The second-order valence-corrected chi connectivity index (χ2v) is 18.4. The van der Waals surface area contributed by atoms with Gasteiger partial charge in [0, 0.05) is 50.3 Å². The molecule has 0 radical (unpaired) electrons. The summed E-state index contributed by atoms with van der Waals surface area (Å²) in [6.07, 6.45) is 13.8. The topological polar surface area (TPSA) is 123 Å². The number of hydrogen-bond acceptors (Lipinski definition) is 7. The number of likely N-dealkylation sites (tertiary alicyclic amines) is 1. The molecule has 5 atom stereocenters. The van der Waals surface area contributed by atoms with Crippen LogP contribution in [0.25, 0.3) is 0 Å². The lowest BCUT2D eigenvalue weighted by molar-refractivity contribution is -0.147. The molecule has 264 valence electrons. The molecule has 47 heavy (non-hydrogen) atoms. The molecule has 0 aromatic rings. The summed E-state index contributed by atoms with van der Waals surface area (Å²) in [5.74, 6) is -2.30. The predicted molar refractivity (Wildman–Crippen MR) is 183 cm³/mol. The molecule has 4 aliphatic rings. The van der Waals surface area contributed by atoms with Gasteiger partial charge in [-0.3, -0.25) is 24.0 Å². The smallest absolute Gasteiger partial charge is 0.227 e. The van der Waals surface area contributed by atoms with Crippen LogP contribution in [0.1, 0.15) is 130 Å². The van der Waals surface area contributed by atoms with E-state index in [2.05, 4.69) is 20.4 Å². The van der Waals surface area contributed by atoms with Gasteiger partial charge in [-0.2, -0.15) is 0 Å². The van der Waals surface area contributed by atoms with Crippen molar-refractivity contribution in [2.24, 2.45) is 40.4 Å². The molecule has 1 heterocycles. The first-order valence-electron chi connectivity index (χ1n) is 18.3. The molecule has 1 aliphatic heterocycles.